The number of carbonyl (C=O) groups excluding carboxylic acids is 1. The number of carbonyl (C=O) groups is 1. The largest absolute Gasteiger partial charge is 0.494 e. The molecule has 0 saturated carbocycles. The first kappa shape index (κ1) is 17.8. The molecule has 1 heterocycles. The van der Waals surface area contributed by atoms with E-state index in [1.807, 2.05) is 12.2 Å². The normalized spacial score (nSPS) is 11.0. The van der Waals surface area contributed by atoms with Gasteiger partial charge in [0.25, 0.3) is 0 Å². The van der Waals surface area contributed by atoms with E-state index >= 15 is 0 Å². The third-order valence-electron chi connectivity index (χ3n) is 3.52. The molecule has 1 aromatic heterocycles. The van der Waals surface area contributed by atoms with Crippen molar-refractivity contribution in [1.82, 2.24) is 4.98 Å². The van der Waals surface area contributed by atoms with Gasteiger partial charge in [0.05, 0.1) is 18.4 Å². The third-order valence-corrected chi connectivity index (χ3v) is 3.52. The molecule has 0 bridgehead atoms. The van der Waals surface area contributed by atoms with Crippen molar-refractivity contribution in [3.8, 4) is 5.75 Å². The molecular weight excluding hydrogens is 312 g/mol. The molecule has 0 spiro atoms. The number of benzene rings is 1. The number of halogens is 2. The summed E-state index contributed by atoms with van der Waals surface area (Å²) in [5.41, 5.74) is 1.14. The fourth-order valence-electron chi connectivity index (χ4n) is 2.20. The van der Waals surface area contributed by atoms with Crippen molar-refractivity contribution >= 4 is 11.9 Å². The molecule has 0 N–H and O–H groups in total. The number of hydrogen-bond acceptors (Lipinski definition) is 3. The van der Waals surface area contributed by atoms with Crippen LogP contribution >= 0.6 is 0 Å². The molecule has 126 valence electrons. The molecule has 0 atom stereocenters. The van der Waals surface area contributed by atoms with Crippen molar-refractivity contribution in [3.63, 3.8) is 0 Å². The number of Topliss-reactive ketones (excluding diaryl/α,β-unsaturated/α-hetero) is 1. The molecule has 5 heteroatoms. The Balaban J connectivity index is 2.11. The number of allylic oxidation sites excluding steroid dienone is 1. The second kappa shape index (κ2) is 8.34. The second-order valence-electron chi connectivity index (χ2n) is 5.33. The summed E-state index contributed by atoms with van der Waals surface area (Å²) in [5, 5.41) is 0. The average Bonchev–Trinajstić information content (AvgIpc) is 2.59. The number of aromatic nitrogens is 1. The fourth-order valence-corrected chi connectivity index (χ4v) is 2.20. The van der Waals surface area contributed by atoms with Crippen LogP contribution in [0.15, 0.2) is 36.5 Å². The lowest BCUT2D eigenvalue weighted by Gasteiger charge is -2.07. The van der Waals surface area contributed by atoms with Crippen LogP contribution in [0.4, 0.5) is 8.78 Å². The van der Waals surface area contributed by atoms with Gasteiger partial charge in [0, 0.05) is 12.6 Å². The number of hydrogen-bond donors (Lipinski definition) is 0. The molecule has 0 fully saturated rings. The molecule has 0 amide bonds. The van der Waals surface area contributed by atoms with Crippen molar-refractivity contribution in [2.24, 2.45) is 0 Å². The van der Waals surface area contributed by atoms with E-state index < -0.39 is 17.4 Å². The van der Waals surface area contributed by atoms with E-state index in [2.05, 4.69) is 16.6 Å². The topological polar surface area (TPSA) is 39.2 Å². The average molecular weight is 331 g/mol. The van der Waals surface area contributed by atoms with Gasteiger partial charge in [-0.2, -0.15) is 4.39 Å². The monoisotopic (exact) mass is 331 g/mol. The number of methoxy groups -OCH3 is 1. The van der Waals surface area contributed by atoms with Crippen molar-refractivity contribution in [2.75, 3.05) is 7.11 Å². The fraction of sp³-hybridized carbons (Fsp3) is 0.263. The Hall–Kier alpha value is -2.56. The van der Waals surface area contributed by atoms with Gasteiger partial charge in [-0.3, -0.25) is 9.78 Å². The zero-order valence-corrected chi connectivity index (χ0v) is 13.7. The Labute approximate surface area is 140 Å². The molecule has 2 aromatic rings. The maximum atomic E-state index is 13.9. The van der Waals surface area contributed by atoms with Crippen molar-refractivity contribution in [1.29, 1.82) is 0 Å². The van der Waals surface area contributed by atoms with Crippen molar-refractivity contribution in [2.45, 2.75) is 26.2 Å². The highest BCUT2D eigenvalue weighted by atomic mass is 19.2. The Kier molecular flexibility index (Phi) is 6.18. The van der Waals surface area contributed by atoms with Crippen LogP contribution in [0.2, 0.25) is 0 Å². The van der Waals surface area contributed by atoms with Gasteiger partial charge in [-0.1, -0.05) is 25.5 Å². The van der Waals surface area contributed by atoms with E-state index in [1.165, 1.54) is 19.2 Å². The molecular formula is C19H19F2NO2. The summed E-state index contributed by atoms with van der Waals surface area (Å²) in [4.78, 5) is 16.4. The maximum Gasteiger partial charge on any atom is 0.201 e. The summed E-state index contributed by atoms with van der Waals surface area (Å²) < 4.78 is 32.3. The lowest BCUT2D eigenvalue weighted by atomic mass is 10.0. The molecule has 0 aliphatic carbocycles. The molecule has 24 heavy (non-hydrogen) atoms. The first-order valence-electron chi connectivity index (χ1n) is 7.73. The Bertz CT molecular complexity index is 740. The minimum absolute atomic E-state index is 0.0470. The molecule has 0 aliphatic heterocycles. The summed E-state index contributed by atoms with van der Waals surface area (Å²) in [6, 6.07) is 6.02. The van der Waals surface area contributed by atoms with Gasteiger partial charge < -0.3 is 4.74 Å². The highest BCUT2D eigenvalue weighted by Crippen LogP contribution is 2.23. The first-order chi connectivity index (χ1) is 11.6. The number of ketones is 1. The zero-order chi connectivity index (χ0) is 17.5. The van der Waals surface area contributed by atoms with E-state index in [0.717, 1.165) is 18.5 Å². The highest BCUT2D eigenvalue weighted by molar-refractivity contribution is 5.97. The minimum Gasteiger partial charge on any atom is -0.494 e. The van der Waals surface area contributed by atoms with E-state index in [0.29, 0.717) is 5.56 Å². The number of pyridine rings is 1. The van der Waals surface area contributed by atoms with E-state index in [-0.39, 0.29) is 17.7 Å². The standard InChI is InChI=1S/C19H19F2NO2/c1-3-4-5-6-14-8-7-13(12-22-14)11-16(23)15-9-10-17(24-2)19(21)18(15)20/h5-10,12H,3-4,11H2,1-2H3. The summed E-state index contributed by atoms with van der Waals surface area (Å²) in [5.74, 6) is -3.08. The van der Waals surface area contributed by atoms with Gasteiger partial charge in [-0.05, 0) is 36.3 Å². The summed E-state index contributed by atoms with van der Waals surface area (Å²) in [7, 11) is 1.24. The van der Waals surface area contributed by atoms with Gasteiger partial charge >= 0.3 is 0 Å². The van der Waals surface area contributed by atoms with Crippen LogP contribution in [0.1, 0.15) is 41.4 Å². The van der Waals surface area contributed by atoms with Crippen LogP contribution in [0.3, 0.4) is 0 Å². The van der Waals surface area contributed by atoms with Crippen LogP contribution in [0, 0.1) is 11.6 Å². The lowest BCUT2D eigenvalue weighted by Crippen LogP contribution is -2.08. The molecule has 2 rings (SSSR count). The second-order valence-corrected chi connectivity index (χ2v) is 5.33. The third kappa shape index (κ3) is 4.25. The molecule has 0 unspecified atom stereocenters. The van der Waals surface area contributed by atoms with E-state index in [1.54, 1.807) is 18.3 Å². The smallest absolute Gasteiger partial charge is 0.201 e. The van der Waals surface area contributed by atoms with E-state index in [4.69, 9.17) is 0 Å². The molecule has 0 saturated heterocycles. The van der Waals surface area contributed by atoms with Crippen LogP contribution in [0.5, 0.6) is 5.75 Å². The molecule has 0 aliphatic rings. The zero-order valence-electron chi connectivity index (χ0n) is 13.7. The highest BCUT2D eigenvalue weighted by Gasteiger charge is 2.19. The van der Waals surface area contributed by atoms with Crippen molar-refractivity contribution < 1.29 is 18.3 Å². The Morgan fingerprint density at radius 1 is 1.21 bits per heavy atom. The predicted octanol–water partition coefficient (Wildman–Crippen LogP) is 4.61. The number of unbranched alkanes of at least 4 members (excludes halogenated alkanes) is 1. The number of rotatable bonds is 7. The van der Waals surface area contributed by atoms with E-state index in [9.17, 15) is 13.6 Å². The minimum atomic E-state index is -1.19. The van der Waals surface area contributed by atoms with Gasteiger partial charge in [0.2, 0.25) is 5.82 Å². The number of nitrogens with zero attached hydrogens (tertiary/aromatic N) is 1. The summed E-state index contributed by atoms with van der Waals surface area (Å²) in [6.45, 7) is 2.09. The maximum absolute atomic E-state index is 13.9. The van der Waals surface area contributed by atoms with Gasteiger partial charge in [0.15, 0.2) is 17.3 Å². The van der Waals surface area contributed by atoms with Gasteiger partial charge in [-0.25, -0.2) is 4.39 Å². The van der Waals surface area contributed by atoms with Crippen molar-refractivity contribution in [3.05, 3.63) is 65.0 Å². The summed E-state index contributed by atoms with van der Waals surface area (Å²) in [6.07, 6.45) is 7.50. The first-order valence-corrected chi connectivity index (χ1v) is 7.73. The van der Waals surface area contributed by atoms with Crippen LogP contribution in [-0.4, -0.2) is 17.9 Å². The van der Waals surface area contributed by atoms with Crippen LogP contribution < -0.4 is 4.74 Å². The van der Waals surface area contributed by atoms with Crippen LogP contribution in [-0.2, 0) is 6.42 Å². The predicted molar refractivity (Wildman–Crippen MR) is 89.1 cm³/mol. The lowest BCUT2D eigenvalue weighted by molar-refractivity contribution is 0.0988. The Morgan fingerprint density at radius 2 is 2.00 bits per heavy atom. The SMILES string of the molecule is CCCC=Cc1ccc(CC(=O)c2ccc(OC)c(F)c2F)cn1. The molecule has 1 aromatic carbocycles. The van der Waals surface area contributed by atoms with Gasteiger partial charge in [0.1, 0.15) is 0 Å². The quantitative estimate of drug-likeness (QED) is 0.696. The number of ether oxygens (including phenoxy) is 1. The molecule has 3 nitrogen and oxygen atoms in total. The summed E-state index contributed by atoms with van der Waals surface area (Å²) >= 11 is 0. The van der Waals surface area contributed by atoms with Gasteiger partial charge in [-0.15, -0.1) is 0 Å². The van der Waals surface area contributed by atoms with Crippen LogP contribution in [0.25, 0.3) is 6.08 Å². The Morgan fingerprint density at radius 3 is 2.62 bits per heavy atom. The molecule has 0 radical (unpaired) electrons.